The van der Waals surface area contributed by atoms with Gasteiger partial charge in [-0.2, -0.15) is 0 Å². The highest BCUT2D eigenvalue weighted by Gasteiger charge is 2.13. The molecular formula is C13H20ClNO. The van der Waals surface area contributed by atoms with E-state index in [1.807, 2.05) is 0 Å². The van der Waals surface area contributed by atoms with Crippen LogP contribution < -0.4 is 4.74 Å². The molecule has 0 aromatic heterocycles. The summed E-state index contributed by atoms with van der Waals surface area (Å²) < 4.78 is 5.83. The van der Waals surface area contributed by atoms with Gasteiger partial charge in [-0.05, 0) is 44.5 Å². The van der Waals surface area contributed by atoms with Crippen LogP contribution in [0.5, 0.6) is 5.75 Å². The quantitative estimate of drug-likeness (QED) is 0.804. The van der Waals surface area contributed by atoms with E-state index in [4.69, 9.17) is 4.74 Å². The summed E-state index contributed by atoms with van der Waals surface area (Å²) in [6, 6.07) is 6.28. The largest absolute Gasteiger partial charge is 0.492 e. The molecule has 0 bridgehead atoms. The molecule has 0 spiro atoms. The van der Waals surface area contributed by atoms with Gasteiger partial charge in [0.1, 0.15) is 12.4 Å². The predicted molar refractivity (Wildman–Crippen MR) is 69.7 cm³/mol. The second kappa shape index (κ2) is 6.12. The molecule has 1 saturated heterocycles. The molecule has 16 heavy (non-hydrogen) atoms. The lowest BCUT2D eigenvalue weighted by molar-refractivity contribution is 0.146. The number of hydrogen-bond acceptors (Lipinski definition) is 2. The maximum Gasteiger partial charge on any atom is 0.125 e. The first-order chi connectivity index (χ1) is 7.27. The molecule has 1 heterocycles. The van der Waals surface area contributed by atoms with E-state index in [2.05, 4.69) is 36.9 Å². The van der Waals surface area contributed by atoms with Crippen molar-refractivity contribution in [3.05, 3.63) is 29.3 Å². The molecule has 1 fully saturated rings. The third-order valence-electron chi connectivity index (χ3n) is 3.01. The number of benzene rings is 1. The summed E-state index contributed by atoms with van der Waals surface area (Å²) in [6.45, 7) is 8.57. The zero-order valence-electron chi connectivity index (χ0n) is 10.0. The van der Waals surface area contributed by atoms with Crippen LogP contribution in [0.15, 0.2) is 18.2 Å². The topological polar surface area (TPSA) is 12.5 Å². The Morgan fingerprint density at radius 3 is 2.31 bits per heavy atom. The van der Waals surface area contributed by atoms with Gasteiger partial charge in [-0.15, -0.1) is 12.4 Å². The van der Waals surface area contributed by atoms with Gasteiger partial charge in [-0.25, -0.2) is 0 Å². The first-order valence-electron chi connectivity index (χ1n) is 5.69. The Bertz CT molecular complexity index is 316. The van der Waals surface area contributed by atoms with E-state index in [-0.39, 0.29) is 12.4 Å². The number of rotatable bonds is 4. The second-order valence-electron chi connectivity index (χ2n) is 4.26. The normalized spacial score (nSPS) is 15.1. The molecule has 0 saturated carbocycles. The summed E-state index contributed by atoms with van der Waals surface area (Å²) in [6.07, 6.45) is 1.35. The molecule has 0 amide bonds. The smallest absolute Gasteiger partial charge is 0.125 e. The molecule has 1 aliphatic heterocycles. The van der Waals surface area contributed by atoms with Gasteiger partial charge < -0.3 is 4.74 Å². The first kappa shape index (κ1) is 13.3. The Kier molecular flexibility index (Phi) is 5.10. The van der Waals surface area contributed by atoms with Crippen molar-refractivity contribution in [2.75, 3.05) is 26.2 Å². The number of nitrogens with zero attached hydrogens (tertiary/aromatic N) is 1. The number of para-hydroxylation sites is 1. The van der Waals surface area contributed by atoms with Crippen LogP contribution in [-0.4, -0.2) is 31.1 Å². The second-order valence-corrected chi connectivity index (χ2v) is 4.26. The lowest BCUT2D eigenvalue weighted by Crippen LogP contribution is -2.39. The fourth-order valence-electron chi connectivity index (χ4n) is 1.91. The summed E-state index contributed by atoms with van der Waals surface area (Å²) in [7, 11) is 0. The first-order valence-corrected chi connectivity index (χ1v) is 5.69. The molecule has 0 aliphatic carbocycles. The van der Waals surface area contributed by atoms with Crippen molar-refractivity contribution in [2.24, 2.45) is 0 Å². The third-order valence-corrected chi connectivity index (χ3v) is 3.01. The van der Waals surface area contributed by atoms with Crippen LogP contribution in [0.4, 0.5) is 0 Å². The van der Waals surface area contributed by atoms with E-state index in [0.29, 0.717) is 0 Å². The van der Waals surface area contributed by atoms with Crippen molar-refractivity contribution in [3.8, 4) is 5.75 Å². The van der Waals surface area contributed by atoms with Crippen LogP contribution in [-0.2, 0) is 0 Å². The summed E-state index contributed by atoms with van der Waals surface area (Å²) in [5.74, 6) is 1.07. The molecular weight excluding hydrogens is 222 g/mol. The van der Waals surface area contributed by atoms with E-state index in [1.165, 1.54) is 30.6 Å². The van der Waals surface area contributed by atoms with Crippen LogP contribution in [0, 0.1) is 13.8 Å². The van der Waals surface area contributed by atoms with Gasteiger partial charge in [-0.1, -0.05) is 18.2 Å². The Hall–Kier alpha value is -0.730. The van der Waals surface area contributed by atoms with Crippen molar-refractivity contribution >= 4 is 12.4 Å². The standard InChI is InChI=1S/C13H19NO.ClH/c1-11-5-3-6-12(2)13(11)15-10-9-14-7-4-8-14;/h3,5-6H,4,7-10H2,1-2H3;1H. The molecule has 90 valence electrons. The number of likely N-dealkylation sites (tertiary alicyclic amines) is 1. The number of hydrogen-bond donors (Lipinski definition) is 0. The van der Waals surface area contributed by atoms with Crippen LogP contribution in [0.2, 0.25) is 0 Å². The van der Waals surface area contributed by atoms with Gasteiger partial charge in [0.2, 0.25) is 0 Å². The number of halogens is 1. The van der Waals surface area contributed by atoms with Crippen molar-refractivity contribution in [1.82, 2.24) is 4.90 Å². The highest BCUT2D eigenvalue weighted by Crippen LogP contribution is 2.22. The van der Waals surface area contributed by atoms with Gasteiger partial charge in [0.25, 0.3) is 0 Å². The zero-order valence-corrected chi connectivity index (χ0v) is 10.8. The summed E-state index contributed by atoms with van der Waals surface area (Å²) in [5, 5.41) is 0. The van der Waals surface area contributed by atoms with Crippen LogP contribution in [0.25, 0.3) is 0 Å². The molecule has 3 heteroatoms. The fraction of sp³-hybridized carbons (Fsp3) is 0.538. The van der Waals surface area contributed by atoms with Gasteiger partial charge in [0, 0.05) is 6.54 Å². The highest BCUT2D eigenvalue weighted by molar-refractivity contribution is 5.85. The number of aryl methyl sites for hydroxylation is 2. The van der Waals surface area contributed by atoms with E-state index >= 15 is 0 Å². The molecule has 0 atom stereocenters. The average molecular weight is 242 g/mol. The highest BCUT2D eigenvalue weighted by atomic mass is 35.5. The maximum absolute atomic E-state index is 5.83. The Balaban J connectivity index is 0.00000128. The minimum Gasteiger partial charge on any atom is -0.492 e. The minimum atomic E-state index is 0. The number of ether oxygens (including phenoxy) is 1. The zero-order chi connectivity index (χ0) is 10.7. The monoisotopic (exact) mass is 241 g/mol. The average Bonchev–Trinajstić information content (AvgIpc) is 2.13. The van der Waals surface area contributed by atoms with Crippen LogP contribution in [0.1, 0.15) is 17.5 Å². The molecule has 0 unspecified atom stereocenters. The molecule has 2 nitrogen and oxygen atoms in total. The molecule has 1 aromatic carbocycles. The molecule has 0 N–H and O–H groups in total. The summed E-state index contributed by atoms with van der Waals surface area (Å²) >= 11 is 0. The predicted octanol–water partition coefficient (Wildman–Crippen LogP) is 2.81. The van der Waals surface area contributed by atoms with Crippen molar-refractivity contribution in [3.63, 3.8) is 0 Å². The van der Waals surface area contributed by atoms with Gasteiger partial charge >= 0.3 is 0 Å². The Labute approximate surface area is 104 Å². The minimum absolute atomic E-state index is 0. The third kappa shape index (κ3) is 3.13. The van der Waals surface area contributed by atoms with E-state index in [0.717, 1.165) is 18.9 Å². The van der Waals surface area contributed by atoms with E-state index in [1.54, 1.807) is 0 Å². The van der Waals surface area contributed by atoms with Gasteiger partial charge in [-0.3, -0.25) is 4.90 Å². The lowest BCUT2D eigenvalue weighted by Gasteiger charge is -2.30. The van der Waals surface area contributed by atoms with E-state index < -0.39 is 0 Å². The molecule has 2 rings (SSSR count). The maximum atomic E-state index is 5.83. The van der Waals surface area contributed by atoms with Crippen LogP contribution >= 0.6 is 12.4 Å². The van der Waals surface area contributed by atoms with Crippen LogP contribution in [0.3, 0.4) is 0 Å². The van der Waals surface area contributed by atoms with Gasteiger partial charge in [0.15, 0.2) is 0 Å². The fourth-order valence-corrected chi connectivity index (χ4v) is 1.91. The molecule has 1 aliphatic rings. The Morgan fingerprint density at radius 1 is 1.19 bits per heavy atom. The summed E-state index contributed by atoms with van der Waals surface area (Å²) in [4.78, 5) is 2.42. The van der Waals surface area contributed by atoms with E-state index in [9.17, 15) is 0 Å². The van der Waals surface area contributed by atoms with Crippen molar-refractivity contribution in [2.45, 2.75) is 20.3 Å². The summed E-state index contributed by atoms with van der Waals surface area (Å²) in [5.41, 5.74) is 2.47. The Morgan fingerprint density at radius 2 is 1.81 bits per heavy atom. The van der Waals surface area contributed by atoms with Crippen molar-refractivity contribution in [1.29, 1.82) is 0 Å². The molecule has 1 aromatic rings. The molecule has 0 radical (unpaired) electrons. The van der Waals surface area contributed by atoms with Gasteiger partial charge in [0.05, 0.1) is 0 Å². The van der Waals surface area contributed by atoms with Crippen molar-refractivity contribution < 1.29 is 4.74 Å². The SMILES string of the molecule is Cc1cccc(C)c1OCCN1CCC1.Cl. The lowest BCUT2D eigenvalue weighted by atomic mass is 10.1.